The van der Waals surface area contributed by atoms with E-state index in [4.69, 9.17) is 9.47 Å². The van der Waals surface area contributed by atoms with Gasteiger partial charge in [0.2, 0.25) is 0 Å². The van der Waals surface area contributed by atoms with Gasteiger partial charge in [0, 0.05) is 31.7 Å². The summed E-state index contributed by atoms with van der Waals surface area (Å²) in [7, 11) is 0. The molecule has 4 rings (SSSR count). The molecule has 2 amide bonds. The first-order valence-electron chi connectivity index (χ1n) is 12.1. The molecule has 1 N–H and O–H groups in total. The second-order valence-corrected chi connectivity index (χ2v) is 8.61. The molecule has 0 saturated carbocycles. The van der Waals surface area contributed by atoms with Gasteiger partial charge in [-0.15, -0.1) is 0 Å². The number of amides is 2. The Hall–Kier alpha value is -3.29. The van der Waals surface area contributed by atoms with Crippen molar-refractivity contribution in [1.82, 2.24) is 4.90 Å². The Morgan fingerprint density at radius 3 is 2.41 bits per heavy atom. The summed E-state index contributed by atoms with van der Waals surface area (Å²) in [5.41, 5.74) is 1.18. The normalized spacial score (nSPS) is 15.8. The summed E-state index contributed by atoms with van der Waals surface area (Å²) in [6, 6.07) is 9.60. The molecule has 2 aromatic rings. The standard InChI is InChI=1S/C26H32FN3O4/c1-2-33-23-17-19(11-12-22(23)34-18-24(31)30-15-4-3-5-16-30)26(32)28-25-20(27)9-8-10-21(25)29-13-6-7-14-29/h8-12,17H,2-7,13-16,18H2,1H3,(H,28,32). The Morgan fingerprint density at radius 2 is 1.68 bits per heavy atom. The van der Waals surface area contributed by atoms with E-state index in [1.54, 1.807) is 24.3 Å². The van der Waals surface area contributed by atoms with Gasteiger partial charge in [0.15, 0.2) is 18.1 Å². The molecule has 2 heterocycles. The van der Waals surface area contributed by atoms with Crippen LogP contribution in [0.25, 0.3) is 0 Å². The van der Waals surface area contributed by atoms with E-state index in [1.165, 1.54) is 6.07 Å². The van der Waals surface area contributed by atoms with Gasteiger partial charge in [-0.1, -0.05) is 6.07 Å². The number of rotatable bonds is 8. The number of nitrogens with zero attached hydrogens (tertiary/aromatic N) is 2. The van der Waals surface area contributed by atoms with Crippen molar-refractivity contribution < 1.29 is 23.5 Å². The number of anilines is 2. The van der Waals surface area contributed by atoms with E-state index in [0.29, 0.717) is 29.4 Å². The first-order valence-corrected chi connectivity index (χ1v) is 12.1. The summed E-state index contributed by atoms with van der Waals surface area (Å²) in [6.45, 7) is 5.31. The highest BCUT2D eigenvalue weighted by atomic mass is 19.1. The molecule has 0 radical (unpaired) electrons. The lowest BCUT2D eigenvalue weighted by Crippen LogP contribution is -2.38. The number of piperidine rings is 1. The van der Waals surface area contributed by atoms with Crippen LogP contribution in [-0.4, -0.2) is 56.1 Å². The molecule has 2 aromatic carbocycles. The maximum absolute atomic E-state index is 14.7. The molecule has 182 valence electrons. The van der Waals surface area contributed by atoms with E-state index in [1.807, 2.05) is 17.9 Å². The van der Waals surface area contributed by atoms with Crippen LogP contribution < -0.4 is 19.7 Å². The minimum Gasteiger partial charge on any atom is -0.490 e. The Morgan fingerprint density at radius 1 is 0.941 bits per heavy atom. The van der Waals surface area contributed by atoms with Crippen molar-refractivity contribution >= 4 is 23.2 Å². The SMILES string of the molecule is CCOc1cc(C(=O)Nc2c(F)cccc2N2CCCC2)ccc1OCC(=O)N1CCCCC1. The Balaban J connectivity index is 1.47. The van der Waals surface area contributed by atoms with Gasteiger partial charge in [-0.25, -0.2) is 4.39 Å². The van der Waals surface area contributed by atoms with Crippen molar-refractivity contribution in [2.75, 3.05) is 49.6 Å². The van der Waals surface area contributed by atoms with E-state index in [0.717, 1.165) is 58.3 Å². The van der Waals surface area contributed by atoms with E-state index >= 15 is 0 Å². The number of hydrogen-bond acceptors (Lipinski definition) is 5. The smallest absolute Gasteiger partial charge is 0.260 e. The third-order valence-corrected chi connectivity index (χ3v) is 6.24. The van der Waals surface area contributed by atoms with Crippen LogP contribution in [0.5, 0.6) is 11.5 Å². The van der Waals surface area contributed by atoms with E-state index < -0.39 is 11.7 Å². The fourth-order valence-electron chi connectivity index (χ4n) is 4.45. The second-order valence-electron chi connectivity index (χ2n) is 8.61. The van der Waals surface area contributed by atoms with Crippen LogP contribution in [0.1, 0.15) is 49.4 Å². The lowest BCUT2D eigenvalue weighted by molar-refractivity contribution is -0.134. The number of likely N-dealkylation sites (tertiary alicyclic amines) is 1. The largest absolute Gasteiger partial charge is 0.490 e. The number of hydrogen-bond donors (Lipinski definition) is 1. The first kappa shape index (κ1) is 23.9. The van der Waals surface area contributed by atoms with Gasteiger partial charge in [0.25, 0.3) is 11.8 Å². The molecule has 2 aliphatic rings. The van der Waals surface area contributed by atoms with Gasteiger partial charge in [-0.05, 0) is 69.4 Å². The van der Waals surface area contributed by atoms with Crippen molar-refractivity contribution in [3.8, 4) is 11.5 Å². The number of nitrogens with one attached hydrogen (secondary N) is 1. The molecular formula is C26H32FN3O4. The van der Waals surface area contributed by atoms with Gasteiger partial charge in [-0.2, -0.15) is 0 Å². The lowest BCUT2D eigenvalue weighted by Gasteiger charge is -2.26. The van der Waals surface area contributed by atoms with Gasteiger partial charge in [-0.3, -0.25) is 9.59 Å². The van der Waals surface area contributed by atoms with Crippen LogP contribution in [0, 0.1) is 5.82 Å². The summed E-state index contributed by atoms with van der Waals surface area (Å²) < 4.78 is 26.1. The van der Waals surface area contributed by atoms with Crippen LogP contribution in [0.4, 0.5) is 15.8 Å². The molecular weight excluding hydrogens is 437 g/mol. The monoisotopic (exact) mass is 469 g/mol. The number of carbonyl (C=O) groups excluding carboxylic acids is 2. The van der Waals surface area contributed by atoms with Crippen molar-refractivity contribution in [1.29, 1.82) is 0 Å². The van der Waals surface area contributed by atoms with E-state index in [-0.39, 0.29) is 18.2 Å². The zero-order valence-electron chi connectivity index (χ0n) is 19.6. The lowest BCUT2D eigenvalue weighted by atomic mass is 10.1. The Bertz CT molecular complexity index is 1020. The summed E-state index contributed by atoms with van der Waals surface area (Å²) >= 11 is 0. The third kappa shape index (κ3) is 5.61. The fourth-order valence-corrected chi connectivity index (χ4v) is 4.45. The van der Waals surface area contributed by atoms with E-state index in [2.05, 4.69) is 10.2 Å². The quantitative estimate of drug-likeness (QED) is 0.618. The number of halogens is 1. The van der Waals surface area contributed by atoms with Gasteiger partial charge in [0.05, 0.1) is 12.3 Å². The highest BCUT2D eigenvalue weighted by Gasteiger charge is 2.22. The molecule has 2 fully saturated rings. The molecule has 0 bridgehead atoms. The molecule has 34 heavy (non-hydrogen) atoms. The van der Waals surface area contributed by atoms with Crippen LogP contribution in [0.2, 0.25) is 0 Å². The molecule has 0 aliphatic carbocycles. The zero-order chi connectivity index (χ0) is 23.9. The second kappa shape index (κ2) is 11.2. The topological polar surface area (TPSA) is 71.1 Å². The average molecular weight is 470 g/mol. The molecule has 8 heteroatoms. The molecule has 0 atom stereocenters. The summed E-state index contributed by atoms with van der Waals surface area (Å²) in [5.74, 6) is -0.207. The van der Waals surface area contributed by atoms with Crippen molar-refractivity contribution in [3.05, 3.63) is 47.8 Å². The minimum atomic E-state index is -0.473. The number of para-hydroxylation sites is 1. The Kier molecular flexibility index (Phi) is 7.87. The molecule has 0 spiro atoms. The zero-order valence-corrected chi connectivity index (χ0v) is 19.6. The van der Waals surface area contributed by atoms with Crippen LogP contribution in [-0.2, 0) is 4.79 Å². The average Bonchev–Trinajstić information content (AvgIpc) is 3.40. The molecule has 2 saturated heterocycles. The first-order chi connectivity index (χ1) is 16.6. The molecule has 7 nitrogen and oxygen atoms in total. The van der Waals surface area contributed by atoms with E-state index in [9.17, 15) is 14.0 Å². The van der Waals surface area contributed by atoms with Crippen LogP contribution in [0.15, 0.2) is 36.4 Å². The molecule has 2 aliphatic heterocycles. The summed E-state index contributed by atoms with van der Waals surface area (Å²) in [4.78, 5) is 29.4. The van der Waals surface area contributed by atoms with Gasteiger partial charge in [0.1, 0.15) is 11.5 Å². The maximum Gasteiger partial charge on any atom is 0.260 e. The van der Waals surface area contributed by atoms with Gasteiger partial charge >= 0.3 is 0 Å². The predicted molar refractivity (Wildman–Crippen MR) is 129 cm³/mol. The maximum atomic E-state index is 14.7. The molecule has 0 unspecified atom stereocenters. The van der Waals surface area contributed by atoms with Crippen molar-refractivity contribution in [2.24, 2.45) is 0 Å². The number of ether oxygens (including phenoxy) is 2. The third-order valence-electron chi connectivity index (χ3n) is 6.24. The van der Waals surface area contributed by atoms with Crippen LogP contribution in [0.3, 0.4) is 0 Å². The predicted octanol–water partition coefficient (Wildman–Crippen LogP) is 4.47. The summed E-state index contributed by atoms with van der Waals surface area (Å²) in [5, 5.41) is 2.74. The number of benzene rings is 2. The van der Waals surface area contributed by atoms with Crippen LogP contribution >= 0.6 is 0 Å². The van der Waals surface area contributed by atoms with Gasteiger partial charge < -0.3 is 24.6 Å². The Labute approximate surface area is 199 Å². The minimum absolute atomic E-state index is 0.0574. The number of carbonyl (C=O) groups is 2. The summed E-state index contributed by atoms with van der Waals surface area (Å²) in [6.07, 6.45) is 5.27. The van der Waals surface area contributed by atoms with Crippen molar-refractivity contribution in [2.45, 2.75) is 39.0 Å². The van der Waals surface area contributed by atoms with Crippen molar-refractivity contribution in [3.63, 3.8) is 0 Å². The highest BCUT2D eigenvalue weighted by molar-refractivity contribution is 6.06. The fraction of sp³-hybridized carbons (Fsp3) is 0.462. The molecule has 0 aromatic heterocycles. The highest BCUT2D eigenvalue weighted by Crippen LogP contribution is 2.33.